The highest BCUT2D eigenvalue weighted by Gasteiger charge is 2.37. The first-order valence-corrected chi connectivity index (χ1v) is 12.6. The fourth-order valence-corrected chi connectivity index (χ4v) is 4.43. The number of rotatable bonds is 8. The average Bonchev–Trinajstić information content (AvgIpc) is 2.77. The average molecular weight is 494 g/mol. The van der Waals surface area contributed by atoms with Gasteiger partial charge in [-0.1, -0.05) is 37.5 Å². The SMILES string of the molecule is CCN(C(=O)C(CS)NC(=O)OC(C)(C)C)C(C(=O)NC1CCCCC1)c1cccc(C)c1O. The molecule has 2 atom stereocenters. The molecule has 1 aliphatic carbocycles. The van der Waals surface area contributed by atoms with Crippen molar-refractivity contribution in [2.45, 2.75) is 90.4 Å². The van der Waals surface area contributed by atoms with Crippen LogP contribution in [0.2, 0.25) is 0 Å². The molecule has 1 aromatic carbocycles. The summed E-state index contributed by atoms with van der Waals surface area (Å²) in [6.07, 6.45) is 4.27. The van der Waals surface area contributed by atoms with E-state index in [-0.39, 0.29) is 30.0 Å². The molecule has 0 radical (unpaired) electrons. The molecule has 0 spiro atoms. The van der Waals surface area contributed by atoms with Gasteiger partial charge in [0.25, 0.3) is 0 Å². The molecule has 2 rings (SSSR count). The Morgan fingerprint density at radius 1 is 1.21 bits per heavy atom. The molecule has 8 nitrogen and oxygen atoms in total. The lowest BCUT2D eigenvalue weighted by Crippen LogP contribution is -2.54. The first-order valence-electron chi connectivity index (χ1n) is 12.0. The van der Waals surface area contributed by atoms with Gasteiger partial charge in [0.15, 0.2) is 0 Å². The van der Waals surface area contributed by atoms with Gasteiger partial charge >= 0.3 is 6.09 Å². The number of phenolic OH excluding ortho intramolecular Hbond substituents is 1. The summed E-state index contributed by atoms with van der Waals surface area (Å²) < 4.78 is 5.29. The zero-order valence-electron chi connectivity index (χ0n) is 20.9. The van der Waals surface area contributed by atoms with Crippen molar-refractivity contribution in [1.29, 1.82) is 0 Å². The van der Waals surface area contributed by atoms with E-state index in [1.165, 1.54) is 4.90 Å². The number of hydrogen-bond donors (Lipinski definition) is 4. The van der Waals surface area contributed by atoms with E-state index < -0.39 is 29.7 Å². The van der Waals surface area contributed by atoms with Gasteiger partial charge in [-0.25, -0.2) is 4.79 Å². The van der Waals surface area contributed by atoms with Gasteiger partial charge in [-0.15, -0.1) is 0 Å². The molecule has 34 heavy (non-hydrogen) atoms. The fourth-order valence-electron chi connectivity index (χ4n) is 4.18. The van der Waals surface area contributed by atoms with E-state index in [0.717, 1.165) is 32.1 Å². The Morgan fingerprint density at radius 3 is 2.41 bits per heavy atom. The Balaban J connectivity index is 2.36. The molecule has 0 aliphatic heterocycles. The summed E-state index contributed by atoms with van der Waals surface area (Å²) in [5.41, 5.74) is 0.224. The summed E-state index contributed by atoms with van der Waals surface area (Å²) in [4.78, 5) is 40.8. The molecule has 0 aromatic heterocycles. The zero-order valence-corrected chi connectivity index (χ0v) is 21.8. The Morgan fingerprint density at radius 2 is 1.85 bits per heavy atom. The Kier molecular flexibility index (Phi) is 10.1. The molecule has 0 bridgehead atoms. The van der Waals surface area contributed by atoms with Crippen molar-refractivity contribution in [2.24, 2.45) is 0 Å². The minimum atomic E-state index is -1.05. The van der Waals surface area contributed by atoms with Crippen molar-refractivity contribution >= 4 is 30.5 Å². The van der Waals surface area contributed by atoms with Gasteiger partial charge in [0.2, 0.25) is 11.8 Å². The smallest absolute Gasteiger partial charge is 0.408 e. The maximum Gasteiger partial charge on any atom is 0.408 e. The standard InChI is InChI=1S/C25H39N3O5S/c1-6-28(23(31)19(15-34)27-24(32)33-25(3,4)5)20(18-14-10-11-16(2)21(18)29)22(30)26-17-12-8-7-9-13-17/h10-11,14,17,19-20,29,34H,6-9,12-13,15H2,1-5H3,(H,26,30)(H,27,32). The van der Waals surface area contributed by atoms with Gasteiger partial charge in [-0.05, 0) is 53.0 Å². The maximum atomic E-state index is 13.6. The molecule has 3 amide bonds. The van der Waals surface area contributed by atoms with Crippen molar-refractivity contribution in [3.05, 3.63) is 29.3 Å². The molecule has 2 unspecified atom stereocenters. The van der Waals surface area contributed by atoms with Gasteiger partial charge in [-0.3, -0.25) is 9.59 Å². The van der Waals surface area contributed by atoms with E-state index in [0.29, 0.717) is 11.1 Å². The van der Waals surface area contributed by atoms with Crippen molar-refractivity contribution in [2.75, 3.05) is 12.3 Å². The van der Waals surface area contributed by atoms with Crippen LogP contribution >= 0.6 is 12.6 Å². The van der Waals surface area contributed by atoms with Crippen LogP contribution in [0.3, 0.4) is 0 Å². The number of likely N-dealkylation sites (N-methyl/N-ethyl adjacent to an activating group) is 1. The largest absolute Gasteiger partial charge is 0.507 e. The molecule has 0 heterocycles. The highest BCUT2D eigenvalue weighted by Crippen LogP contribution is 2.32. The Hall–Kier alpha value is -2.42. The van der Waals surface area contributed by atoms with Crippen molar-refractivity contribution < 1.29 is 24.2 Å². The van der Waals surface area contributed by atoms with E-state index in [2.05, 4.69) is 23.3 Å². The van der Waals surface area contributed by atoms with Gasteiger partial charge in [0.1, 0.15) is 23.4 Å². The topological polar surface area (TPSA) is 108 Å². The van der Waals surface area contributed by atoms with E-state index in [1.807, 2.05) is 0 Å². The predicted octanol–water partition coefficient (Wildman–Crippen LogP) is 3.86. The first kappa shape index (κ1) is 27.8. The maximum absolute atomic E-state index is 13.6. The van der Waals surface area contributed by atoms with Crippen molar-refractivity contribution in [3.63, 3.8) is 0 Å². The summed E-state index contributed by atoms with van der Waals surface area (Å²) in [5, 5.41) is 16.4. The van der Waals surface area contributed by atoms with Gasteiger partial charge in [0.05, 0.1) is 0 Å². The molecule has 190 valence electrons. The predicted molar refractivity (Wildman–Crippen MR) is 135 cm³/mol. The molecule has 9 heteroatoms. The van der Waals surface area contributed by atoms with Gasteiger partial charge < -0.3 is 25.4 Å². The van der Waals surface area contributed by atoms with Crippen LogP contribution in [0.15, 0.2) is 18.2 Å². The number of benzene rings is 1. The van der Waals surface area contributed by atoms with E-state index in [9.17, 15) is 19.5 Å². The first-order chi connectivity index (χ1) is 16.0. The zero-order chi connectivity index (χ0) is 25.5. The monoisotopic (exact) mass is 493 g/mol. The van der Waals surface area contributed by atoms with Crippen LogP contribution in [0.1, 0.15) is 77.0 Å². The van der Waals surface area contributed by atoms with Crippen LogP contribution in [0, 0.1) is 6.92 Å². The summed E-state index contributed by atoms with van der Waals surface area (Å²) in [5.74, 6) is -0.836. The van der Waals surface area contributed by atoms with Crippen LogP contribution in [-0.4, -0.2) is 57.9 Å². The number of nitrogens with zero attached hydrogens (tertiary/aromatic N) is 1. The highest BCUT2D eigenvalue weighted by atomic mass is 32.1. The van der Waals surface area contributed by atoms with Gasteiger partial charge in [0, 0.05) is 23.9 Å². The second-order valence-electron chi connectivity index (χ2n) is 9.76. The van der Waals surface area contributed by atoms with Crippen LogP contribution in [-0.2, 0) is 14.3 Å². The number of nitrogens with one attached hydrogen (secondary N) is 2. The third kappa shape index (κ3) is 7.55. The number of hydrogen-bond acceptors (Lipinski definition) is 6. The van der Waals surface area contributed by atoms with Crippen molar-refractivity contribution in [3.8, 4) is 5.75 Å². The number of phenols is 1. The number of para-hydroxylation sites is 1. The van der Waals surface area contributed by atoms with Crippen LogP contribution in [0.4, 0.5) is 4.79 Å². The van der Waals surface area contributed by atoms with Crippen LogP contribution in [0.25, 0.3) is 0 Å². The second kappa shape index (κ2) is 12.3. The number of alkyl carbamates (subject to hydrolysis) is 1. The van der Waals surface area contributed by atoms with E-state index in [1.54, 1.807) is 52.8 Å². The van der Waals surface area contributed by atoms with Crippen LogP contribution in [0.5, 0.6) is 5.75 Å². The second-order valence-corrected chi connectivity index (χ2v) is 10.1. The molecule has 1 aromatic rings. The van der Waals surface area contributed by atoms with Crippen molar-refractivity contribution in [1.82, 2.24) is 15.5 Å². The Bertz CT molecular complexity index is 865. The molecular formula is C25H39N3O5S. The number of thiol groups is 1. The number of amides is 3. The number of ether oxygens (including phenoxy) is 1. The summed E-state index contributed by atoms with van der Waals surface area (Å²) >= 11 is 4.26. The minimum Gasteiger partial charge on any atom is -0.507 e. The minimum absolute atomic E-state index is 0.0192. The van der Waals surface area contributed by atoms with E-state index >= 15 is 0 Å². The molecule has 1 aliphatic rings. The Labute approximate surface area is 208 Å². The number of carbonyl (C=O) groups excluding carboxylic acids is 3. The molecule has 1 saturated carbocycles. The lowest BCUT2D eigenvalue weighted by molar-refractivity contribution is -0.142. The molecule has 0 saturated heterocycles. The number of aryl methyl sites for hydroxylation is 1. The lowest BCUT2D eigenvalue weighted by atomic mass is 9.94. The molecule has 1 fully saturated rings. The third-order valence-electron chi connectivity index (χ3n) is 5.87. The fraction of sp³-hybridized carbons (Fsp3) is 0.640. The van der Waals surface area contributed by atoms with Crippen LogP contribution < -0.4 is 10.6 Å². The molecular weight excluding hydrogens is 454 g/mol. The lowest BCUT2D eigenvalue weighted by Gasteiger charge is -2.35. The summed E-state index contributed by atoms with van der Waals surface area (Å²) in [6, 6.07) is 3.12. The van der Waals surface area contributed by atoms with E-state index in [4.69, 9.17) is 4.74 Å². The summed E-state index contributed by atoms with van der Waals surface area (Å²) in [6.45, 7) is 8.88. The normalized spacial score (nSPS) is 16.3. The number of aromatic hydroxyl groups is 1. The summed E-state index contributed by atoms with van der Waals surface area (Å²) in [7, 11) is 0. The number of carbonyl (C=O) groups is 3. The molecule has 3 N–H and O–H groups in total. The third-order valence-corrected chi connectivity index (χ3v) is 6.24. The van der Waals surface area contributed by atoms with Gasteiger partial charge in [-0.2, -0.15) is 12.6 Å². The highest BCUT2D eigenvalue weighted by molar-refractivity contribution is 7.80. The quantitative estimate of drug-likeness (QED) is 0.411.